The monoisotopic (exact) mass is 515 g/mol. The molecule has 0 unspecified atom stereocenters. The number of thioether (sulfide) groups is 1. The summed E-state index contributed by atoms with van der Waals surface area (Å²) in [6.45, 7) is -0.776. The minimum absolute atomic E-state index is 0.0558. The molecule has 0 spiro atoms. The van der Waals surface area contributed by atoms with Crippen LogP contribution in [0.4, 0.5) is 29.3 Å². The van der Waals surface area contributed by atoms with E-state index in [1.165, 1.54) is 25.3 Å². The number of carbonyl (C=O) groups is 3. The lowest BCUT2D eigenvalue weighted by Crippen LogP contribution is -2.36. The predicted molar refractivity (Wildman–Crippen MR) is 117 cm³/mol. The van der Waals surface area contributed by atoms with Gasteiger partial charge in [0.25, 0.3) is 16.8 Å². The van der Waals surface area contributed by atoms with Crippen LogP contribution in [-0.4, -0.2) is 40.5 Å². The van der Waals surface area contributed by atoms with E-state index >= 15 is 0 Å². The number of carbonyl (C=O) groups excluding carboxylic acids is 3. The number of hydrogen-bond donors (Lipinski definition) is 1. The summed E-state index contributed by atoms with van der Waals surface area (Å²) in [5.41, 5.74) is -1.50. The summed E-state index contributed by atoms with van der Waals surface area (Å²) in [5.74, 6) is -1.85. The summed E-state index contributed by atoms with van der Waals surface area (Å²) < 4.78 is 43.9. The molecule has 0 aromatic heterocycles. The van der Waals surface area contributed by atoms with Crippen LogP contribution < -0.4 is 10.1 Å². The average Bonchev–Trinajstić information content (AvgIpc) is 3.01. The second-order valence-electron chi connectivity index (χ2n) is 6.70. The molecule has 9 nitrogen and oxygen atoms in total. The summed E-state index contributed by atoms with van der Waals surface area (Å²) >= 11 is 6.25. The normalized spacial score (nSPS) is 15.1. The molecule has 0 bridgehead atoms. The van der Waals surface area contributed by atoms with Crippen molar-refractivity contribution in [1.29, 1.82) is 0 Å². The molecule has 14 heteroatoms. The Morgan fingerprint density at radius 2 is 1.97 bits per heavy atom. The number of ether oxygens (including phenoxy) is 1. The Balaban J connectivity index is 1.77. The van der Waals surface area contributed by atoms with E-state index in [1.807, 2.05) is 0 Å². The zero-order valence-corrected chi connectivity index (χ0v) is 18.6. The molecular weight excluding hydrogens is 503 g/mol. The zero-order chi connectivity index (χ0) is 25.2. The number of imide groups is 1. The third-order valence-corrected chi connectivity index (χ3v) is 5.67. The number of nitro benzene ring substituents is 1. The number of rotatable bonds is 6. The van der Waals surface area contributed by atoms with Gasteiger partial charge in [-0.05, 0) is 47.7 Å². The SMILES string of the molecule is COc1ccc(C(F)(F)F)cc1NC(=O)CN1C(=O)S/C(=C\c2ccc(Cl)c([N+](=O)[O-])c2)C1=O. The molecule has 1 fully saturated rings. The molecule has 2 aromatic carbocycles. The van der Waals surface area contributed by atoms with Crippen LogP contribution >= 0.6 is 23.4 Å². The van der Waals surface area contributed by atoms with Crippen LogP contribution in [0.3, 0.4) is 0 Å². The van der Waals surface area contributed by atoms with Gasteiger partial charge in [0, 0.05) is 6.07 Å². The van der Waals surface area contributed by atoms with Crippen molar-refractivity contribution in [3.05, 3.63) is 67.6 Å². The van der Waals surface area contributed by atoms with E-state index in [-0.39, 0.29) is 26.9 Å². The minimum Gasteiger partial charge on any atom is -0.495 e. The molecule has 1 aliphatic rings. The van der Waals surface area contributed by atoms with Crippen molar-refractivity contribution in [2.45, 2.75) is 6.18 Å². The van der Waals surface area contributed by atoms with Crippen LogP contribution in [0.5, 0.6) is 5.75 Å². The van der Waals surface area contributed by atoms with Crippen molar-refractivity contribution in [3.63, 3.8) is 0 Å². The third kappa shape index (κ3) is 5.48. The van der Waals surface area contributed by atoms with E-state index in [9.17, 15) is 37.7 Å². The van der Waals surface area contributed by atoms with E-state index in [0.717, 1.165) is 18.2 Å². The Morgan fingerprint density at radius 1 is 1.26 bits per heavy atom. The molecule has 1 heterocycles. The Hall–Kier alpha value is -3.58. The summed E-state index contributed by atoms with van der Waals surface area (Å²) in [6, 6.07) is 6.23. The molecule has 1 N–H and O–H groups in total. The van der Waals surface area contributed by atoms with Crippen LogP contribution in [0.25, 0.3) is 6.08 Å². The van der Waals surface area contributed by atoms with E-state index < -0.39 is 45.9 Å². The first-order valence-electron chi connectivity index (χ1n) is 9.15. The summed E-state index contributed by atoms with van der Waals surface area (Å²) in [5, 5.41) is 12.3. The van der Waals surface area contributed by atoms with Crippen molar-refractivity contribution < 1.29 is 37.2 Å². The van der Waals surface area contributed by atoms with Crippen molar-refractivity contribution in [1.82, 2.24) is 4.90 Å². The number of nitrogens with one attached hydrogen (secondary N) is 1. The Morgan fingerprint density at radius 3 is 2.59 bits per heavy atom. The Kier molecular flexibility index (Phi) is 7.17. The van der Waals surface area contributed by atoms with E-state index in [1.54, 1.807) is 0 Å². The van der Waals surface area contributed by atoms with Crippen molar-refractivity contribution >= 4 is 57.9 Å². The second-order valence-corrected chi connectivity index (χ2v) is 8.10. The van der Waals surface area contributed by atoms with Gasteiger partial charge in [-0.25, -0.2) is 0 Å². The number of methoxy groups -OCH3 is 1. The first-order chi connectivity index (χ1) is 15.9. The Bertz CT molecular complexity index is 1230. The molecule has 0 aliphatic carbocycles. The molecule has 0 saturated carbocycles. The fourth-order valence-corrected chi connectivity index (χ4v) is 3.89. The fourth-order valence-electron chi connectivity index (χ4n) is 2.86. The van der Waals surface area contributed by atoms with Gasteiger partial charge >= 0.3 is 6.18 Å². The molecule has 1 aliphatic heterocycles. The third-order valence-electron chi connectivity index (χ3n) is 4.44. The zero-order valence-electron chi connectivity index (χ0n) is 17.0. The lowest BCUT2D eigenvalue weighted by atomic mass is 10.1. The molecule has 0 atom stereocenters. The number of amides is 3. The highest BCUT2D eigenvalue weighted by atomic mass is 35.5. The predicted octanol–water partition coefficient (Wildman–Crippen LogP) is 4.95. The number of hydrogen-bond acceptors (Lipinski definition) is 7. The largest absolute Gasteiger partial charge is 0.495 e. The second kappa shape index (κ2) is 9.73. The van der Waals surface area contributed by atoms with E-state index in [0.29, 0.717) is 22.7 Å². The van der Waals surface area contributed by atoms with Gasteiger partial charge in [0.15, 0.2) is 0 Å². The van der Waals surface area contributed by atoms with Crippen LogP contribution in [0.2, 0.25) is 5.02 Å². The first kappa shape index (κ1) is 25.1. The highest BCUT2D eigenvalue weighted by Gasteiger charge is 2.37. The number of anilines is 1. The number of benzene rings is 2. The minimum atomic E-state index is -4.67. The van der Waals surface area contributed by atoms with Gasteiger partial charge in [-0.1, -0.05) is 17.7 Å². The maximum absolute atomic E-state index is 13.0. The quantitative estimate of drug-likeness (QED) is 0.328. The first-order valence-corrected chi connectivity index (χ1v) is 10.3. The molecular formula is C20H13ClF3N3O6S. The van der Waals surface area contributed by atoms with Gasteiger partial charge in [-0.2, -0.15) is 13.2 Å². The van der Waals surface area contributed by atoms with Crippen LogP contribution in [0, 0.1) is 10.1 Å². The summed E-state index contributed by atoms with van der Waals surface area (Å²) in [7, 11) is 1.20. The van der Waals surface area contributed by atoms with Gasteiger partial charge in [0.05, 0.1) is 28.2 Å². The number of halogens is 4. The lowest BCUT2D eigenvalue weighted by molar-refractivity contribution is -0.384. The average molecular weight is 516 g/mol. The number of nitro groups is 1. The van der Waals surface area contributed by atoms with Crippen LogP contribution in [0.1, 0.15) is 11.1 Å². The highest BCUT2D eigenvalue weighted by Crippen LogP contribution is 2.36. The molecule has 3 rings (SSSR count). The van der Waals surface area contributed by atoms with E-state index in [2.05, 4.69) is 5.32 Å². The molecule has 178 valence electrons. The van der Waals surface area contributed by atoms with Crippen molar-refractivity contribution in [2.75, 3.05) is 19.0 Å². The van der Waals surface area contributed by atoms with Gasteiger partial charge in [0.1, 0.15) is 17.3 Å². The maximum atomic E-state index is 13.0. The Labute approximate surface area is 198 Å². The number of alkyl halides is 3. The summed E-state index contributed by atoms with van der Waals surface area (Å²) in [6.07, 6.45) is -3.44. The fraction of sp³-hybridized carbons (Fsp3) is 0.150. The van der Waals surface area contributed by atoms with Crippen molar-refractivity contribution in [3.8, 4) is 5.75 Å². The summed E-state index contributed by atoms with van der Waals surface area (Å²) in [4.78, 5) is 48.1. The van der Waals surface area contributed by atoms with Crippen LogP contribution in [0.15, 0.2) is 41.3 Å². The van der Waals surface area contributed by atoms with Gasteiger partial charge in [-0.15, -0.1) is 0 Å². The standard InChI is InChI=1S/C20H13ClF3N3O6S/c1-33-15-5-3-11(20(22,23)24)8-13(15)25-17(28)9-26-18(29)16(34-19(26)30)7-10-2-4-12(21)14(6-10)27(31)32/h2-8H,9H2,1H3,(H,25,28)/b16-7-. The van der Waals surface area contributed by atoms with Gasteiger partial charge < -0.3 is 10.1 Å². The van der Waals surface area contributed by atoms with Crippen molar-refractivity contribution in [2.24, 2.45) is 0 Å². The lowest BCUT2D eigenvalue weighted by Gasteiger charge is -2.16. The topological polar surface area (TPSA) is 119 Å². The van der Waals surface area contributed by atoms with E-state index in [4.69, 9.17) is 16.3 Å². The smallest absolute Gasteiger partial charge is 0.416 e. The molecule has 2 aromatic rings. The van der Waals surface area contributed by atoms with Gasteiger partial charge in [0.2, 0.25) is 5.91 Å². The highest BCUT2D eigenvalue weighted by molar-refractivity contribution is 8.18. The molecule has 1 saturated heterocycles. The number of nitrogens with zero attached hydrogens (tertiary/aromatic N) is 2. The maximum Gasteiger partial charge on any atom is 0.416 e. The molecule has 3 amide bonds. The molecule has 0 radical (unpaired) electrons. The van der Waals surface area contributed by atoms with Gasteiger partial charge in [-0.3, -0.25) is 29.4 Å². The van der Waals surface area contributed by atoms with Crippen LogP contribution in [-0.2, 0) is 15.8 Å². The molecule has 34 heavy (non-hydrogen) atoms.